The Labute approximate surface area is 148 Å². The van der Waals surface area contributed by atoms with E-state index in [1.165, 1.54) is 35.2 Å². The Morgan fingerprint density at radius 3 is 2.71 bits per heavy atom. The largest absolute Gasteiger partial charge is 0.286 e. The molecule has 2 heterocycles. The molecule has 126 valence electrons. The zero-order chi connectivity index (χ0) is 17.1. The average Bonchev–Trinajstić information content (AvgIpc) is 3.02. The van der Waals surface area contributed by atoms with Gasteiger partial charge in [-0.2, -0.15) is 0 Å². The molecule has 1 aromatic carbocycles. The fourth-order valence-electron chi connectivity index (χ4n) is 2.35. The Hall–Kier alpha value is -1.66. The van der Waals surface area contributed by atoms with Crippen LogP contribution < -0.4 is 5.56 Å². The molecule has 0 unspecified atom stereocenters. The molecule has 0 saturated carbocycles. The van der Waals surface area contributed by atoms with E-state index in [0.717, 1.165) is 22.7 Å². The summed E-state index contributed by atoms with van der Waals surface area (Å²) in [6, 6.07) is 8.33. The standard InChI is InChI=1S/C18H19FN2OS2/c1-12(2)7-9-21-17(22)16-15(8-10-23-16)20-18(21)24-11-13-3-5-14(19)6-4-13/h3-6,8,10,12H,7,9,11H2,1-2H3. The number of hydrogen-bond donors (Lipinski definition) is 0. The van der Waals surface area contributed by atoms with E-state index in [-0.39, 0.29) is 11.4 Å². The Bertz CT molecular complexity index is 884. The van der Waals surface area contributed by atoms with Crippen molar-refractivity contribution in [2.45, 2.75) is 37.7 Å². The maximum atomic E-state index is 13.0. The molecule has 3 rings (SSSR count). The van der Waals surface area contributed by atoms with E-state index in [0.29, 0.717) is 22.9 Å². The van der Waals surface area contributed by atoms with E-state index in [9.17, 15) is 9.18 Å². The zero-order valence-electron chi connectivity index (χ0n) is 13.7. The van der Waals surface area contributed by atoms with Crippen molar-refractivity contribution in [1.82, 2.24) is 9.55 Å². The highest BCUT2D eigenvalue weighted by Crippen LogP contribution is 2.24. The number of aromatic nitrogens is 2. The molecule has 3 nitrogen and oxygen atoms in total. The molecule has 0 aliphatic carbocycles. The van der Waals surface area contributed by atoms with Crippen molar-refractivity contribution in [3.8, 4) is 0 Å². The van der Waals surface area contributed by atoms with E-state index >= 15 is 0 Å². The first-order valence-electron chi connectivity index (χ1n) is 7.90. The topological polar surface area (TPSA) is 34.9 Å². The molecule has 0 saturated heterocycles. The van der Waals surface area contributed by atoms with Gasteiger partial charge in [0.1, 0.15) is 10.5 Å². The maximum absolute atomic E-state index is 13.0. The molecule has 0 radical (unpaired) electrons. The second-order valence-corrected chi connectivity index (χ2v) is 7.94. The summed E-state index contributed by atoms with van der Waals surface area (Å²) in [6.07, 6.45) is 0.933. The van der Waals surface area contributed by atoms with E-state index in [2.05, 4.69) is 18.8 Å². The van der Waals surface area contributed by atoms with Crippen LogP contribution in [-0.4, -0.2) is 9.55 Å². The first-order chi connectivity index (χ1) is 11.5. The van der Waals surface area contributed by atoms with Crippen molar-refractivity contribution in [1.29, 1.82) is 0 Å². The highest BCUT2D eigenvalue weighted by Gasteiger charge is 2.13. The SMILES string of the molecule is CC(C)CCn1c(SCc2ccc(F)cc2)nc2ccsc2c1=O. The second kappa shape index (κ2) is 7.49. The number of benzene rings is 1. The summed E-state index contributed by atoms with van der Waals surface area (Å²) in [5, 5.41) is 2.64. The fraction of sp³-hybridized carbons (Fsp3) is 0.333. The number of fused-ring (bicyclic) bond motifs is 1. The smallest absolute Gasteiger partial charge is 0.272 e. The summed E-state index contributed by atoms with van der Waals surface area (Å²) < 4.78 is 15.5. The van der Waals surface area contributed by atoms with Gasteiger partial charge in [0.15, 0.2) is 5.16 Å². The van der Waals surface area contributed by atoms with Gasteiger partial charge >= 0.3 is 0 Å². The summed E-state index contributed by atoms with van der Waals surface area (Å²) >= 11 is 2.96. The Kier molecular flexibility index (Phi) is 5.36. The first kappa shape index (κ1) is 17.2. The quantitative estimate of drug-likeness (QED) is 0.460. The predicted octanol–water partition coefficient (Wildman–Crippen LogP) is 4.94. The lowest BCUT2D eigenvalue weighted by Crippen LogP contribution is -2.23. The number of thioether (sulfide) groups is 1. The lowest BCUT2D eigenvalue weighted by atomic mass is 10.1. The molecule has 6 heteroatoms. The second-order valence-electron chi connectivity index (χ2n) is 6.08. The normalized spacial score (nSPS) is 11.5. The maximum Gasteiger partial charge on any atom is 0.272 e. The number of thiophene rings is 1. The minimum absolute atomic E-state index is 0.0391. The summed E-state index contributed by atoms with van der Waals surface area (Å²) in [5.74, 6) is 0.936. The monoisotopic (exact) mass is 362 g/mol. The summed E-state index contributed by atoms with van der Waals surface area (Å²) in [6.45, 7) is 4.96. The Morgan fingerprint density at radius 2 is 2.00 bits per heavy atom. The molecule has 0 atom stereocenters. The molecule has 3 aromatic rings. The van der Waals surface area contributed by atoms with E-state index in [1.54, 1.807) is 16.7 Å². The molecule has 0 spiro atoms. The third-order valence-electron chi connectivity index (χ3n) is 3.74. The molecule has 0 aliphatic heterocycles. The molecule has 0 fully saturated rings. The van der Waals surface area contributed by atoms with Crippen molar-refractivity contribution < 1.29 is 4.39 Å². The van der Waals surface area contributed by atoms with Gasteiger partial charge < -0.3 is 0 Å². The number of halogens is 1. The molecule has 2 aromatic heterocycles. The predicted molar refractivity (Wildman–Crippen MR) is 99.3 cm³/mol. The van der Waals surface area contributed by atoms with E-state index < -0.39 is 0 Å². The zero-order valence-corrected chi connectivity index (χ0v) is 15.3. The summed E-state index contributed by atoms with van der Waals surface area (Å²) in [4.78, 5) is 17.4. The van der Waals surface area contributed by atoms with Gasteiger partial charge in [0, 0.05) is 12.3 Å². The molecule has 0 amide bonds. The highest BCUT2D eigenvalue weighted by atomic mass is 32.2. The minimum Gasteiger partial charge on any atom is -0.286 e. The van der Waals surface area contributed by atoms with Crippen molar-refractivity contribution in [2.24, 2.45) is 5.92 Å². The fourth-order valence-corrected chi connectivity index (χ4v) is 4.11. The number of rotatable bonds is 6. The third kappa shape index (κ3) is 3.87. The molecule has 0 bridgehead atoms. The lowest BCUT2D eigenvalue weighted by molar-refractivity contribution is 0.481. The van der Waals surface area contributed by atoms with Crippen LogP contribution in [0, 0.1) is 11.7 Å². The van der Waals surface area contributed by atoms with Crippen LogP contribution in [0.1, 0.15) is 25.8 Å². The van der Waals surface area contributed by atoms with E-state index in [4.69, 9.17) is 0 Å². The molecule has 0 N–H and O–H groups in total. The molecular weight excluding hydrogens is 343 g/mol. The Balaban J connectivity index is 1.90. The van der Waals surface area contributed by atoms with Crippen molar-refractivity contribution >= 4 is 33.3 Å². The van der Waals surface area contributed by atoms with Gasteiger partial charge in [-0.25, -0.2) is 9.37 Å². The van der Waals surface area contributed by atoms with Gasteiger partial charge in [0.2, 0.25) is 0 Å². The van der Waals surface area contributed by atoms with Crippen LogP contribution in [0.25, 0.3) is 10.2 Å². The van der Waals surface area contributed by atoms with Crippen molar-refractivity contribution in [3.63, 3.8) is 0 Å². The minimum atomic E-state index is -0.240. The summed E-state index contributed by atoms with van der Waals surface area (Å²) in [7, 11) is 0. The first-order valence-corrected chi connectivity index (χ1v) is 9.76. The van der Waals surface area contributed by atoms with Crippen LogP contribution in [0.15, 0.2) is 45.7 Å². The molecule has 24 heavy (non-hydrogen) atoms. The third-order valence-corrected chi connectivity index (χ3v) is 5.68. The van der Waals surface area contributed by atoms with Crippen LogP contribution in [0.3, 0.4) is 0 Å². The highest BCUT2D eigenvalue weighted by molar-refractivity contribution is 7.98. The molecule has 0 aliphatic rings. The average molecular weight is 362 g/mol. The van der Waals surface area contributed by atoms with Crippen molar-refractivity contribution in [3.05, 3.63) is 57.4 Å². The van der Waals surface area contributed by atoms with Crippen LogP contribution in [0.5, 0.6) is 0 Å². The van der Waals surface area contributed by atoms with Gasteiger partial charge in [-0.1, -0.05) is 37.7 Å². The van der Waals surface area contributed by atoms with Crippen LogP contribution in [0.4, 0.5) is 4.39 Å². The lowest BCUT2D eigenvalue weighted by Gasteiger charge is -2.13. The van der Waals surface area contributed by atoms with Crippen LogP contribution >= 0.6 is 23.1 Å². The van der Waals surface area contributed by atoms with Crippen LogP contribution in [-0.2, 0) is 12.3 Å². The van der Waals surface area contributed by atoms with Gasteiger partial charge in [-0.15, -0.1) is 11.3 Å². The van der Waals surface area contributed by atoms with E-state index in [1.807, 2.05) is 11.4 Å². The van der Waals surface area contributed by atoms with Gasteiger partial charge in [-0.3, -0.25) is 9.36 Å². The number of nitrogens with zero attached hydrogens (tertiary/aromatic N) is 2. The molecular formula is C18H19FN2OS2. The van der Waals surface area contributed by atoms with Gasteiger partial charge in [0.25, 0.3) is 5.56 Å². The van der Waals surface area contributed by atoms with Gasteiger partial charge in [0.05, 0.1) is 5.52 Å². The number of hydrogen-bond acceptors (Lipinski definition) is 4. The Morgan fingerprint density at radius 1 is 1.25 bits per heavy atom. The van der Waals surface area contributed by atoms with Crippen molar-refractivity contribution in [2.75, 3.05) is 0 Å². The van der Waals surface area contributed by atoms with Gasteiger partial charge in [-0.05, 0) is 41.5 Å². The van der Waals surface area contributed by atoms with Crippen LogP contribution in [0.2, 0.25) is 0 Å². The summed E-state index contributed by atoms with van der Waals surface area (Å²) in [5.41, 5.74) is 1.81.